The van der Waals surface area contributed by atoms with Crippen molar-refractivity contribution in [2.45, 2.75) is 65.5 Å². The van der Waals surface area contributed by atoms with Crippen LogP contribution < -0.4 is 0 Å². The Morgan fingerprint density at radius 3 is 1.56 bits per heavy atom. The van der Waals surface area contributed by atoms with E-state index in [1.165, 1.54) is 12.1 Å². The summed E-state index contributed by atoms with van der Waals surface area (Å²) in [5.74, 6) is -3.79. The van der Waals surface area contributed by atoms with Crippen molar-refractivity contribution < 1.29 is 49.8 Å². The second-order valence-corrected chi connectivity index (χ2v) is 13.7. The Kier molecular flexibility index (Phi) is 11.4. The minimum atomic E-state index is -1.08. The largest absolute Gasteiger partial charge is 0.508 e. The van der Waals surface area contributed by atoms with Crippen LogP contribution in [0.25, 0.3) is 21.8 Å². The van der Waals surface area contributed by atoms with Gasteiger partial charge in [-0.3, -0.25) is 9.59 Å². The minimum absolute atomic E-state index is 0.0193. The van der Waals surface area contributed by atoms with Crippen molar-refractivity contribution in [2.75, 3.05) is 0 Å². The van der Waals surface area contributed by atoms with Gasteiger partial charge in [-0.05, 0) is 53.3 Å². The van der Waals surface area contributed by atoms with Gasteiger partial charge in [-0.15, -0.1) is 0 Å². The standard InChI is InChI=1S/2C21H21NO5/c1-12(2)19-16(10-18(24)25)14-7-5-8-15(21(26)27)20(14)22(19)11-13-6-3-4-9-17(13)23;1-12(2)20-16(10-19(24)25)15-8-7-13(21(26)27)9-17(15)22(20)11-14-5-3-4-6-18(14)23/h2*3-9,12,23H,10-11H2,1-2H3,(H,24,25)(H,26,27). The Morgan fingerprint density at radius 2 is 1.07 bits per heavy atom. The molecule has 0 spiro atoms. The fourth-order valence-electron chi connectivity index (χ4n) is 7.20. The SMILES string of the molecule is CC(C)c1c(CC(=O)O)c2ccc(C(=O)O)cc2n1Cc1ccccc1O.CC(C)c1c(CC(=O)O)c2cccc(C(=O)O)c2n1Cc1ccccc1O. The fourth-order valence-corrected chi connectivity index (χ4v) is 7.20. The van der Waals surface area contributed by atoms with Crippen molar-refractivity contribution in [3.63, 3.8) is 0 Å². The number of carboxylic acids is 4. The van der Waals surface area contributed by atoms with Gasteiger partial charge in [0.25, 0.3) is 0 Å². The van der Waals surface area contributed by atoms with E-state index in [1.54, 1.807) is 66.7 Å². The van der Waals surface area contributed by atoms with Crippen LogP contribution in [0.3, 0.4) is 0 Å². The van der Waals surface area contributed by atoms with Crippen LogP contribution >= 0.6 is 0 Å². The molecule has 6 rings (SSSR count). The van der Waals surface area contributed by atoms with Gasteiger partial charge in [-0.1, -0.05) is 82.3 Å². The molecule has 0 saturated carbocycles. The zero-order valence-corrected chi connectivity index (χ0v) is 30.3. The summed E-state index contributed by atoms with van der Waals surface area (Å²) in [6.07, 6.45) is -0.342. The van der Waals surface area contributed by atoms with Crippen LogP contribution in [0.5, 0.6) is 11.5 Å². The van der Waals surface area contributed by atoms with Crippen LogP contribution in [-0.4, -0.2) is 63.7 Å². The van der Waals surface area contributed by atoms with Crippen molar-refractivity contribution in [3.05, 3.63) is 130 Å². The van der Waals surface area contributed by atoms with E-state index in [1.807, 2.05) is 42.9 Å². The maximum Gasteiger partial charge on any atom is 0.337 e. The van der Waals surface area contributed by atoms with Crippen molar-refractivity contribution >= 4 is 45.7 Å². The molecule has 280 valence electrons. The molecule has 2 aromatic heterocycles. The van der Waals surface area contributed by atoms with Crippen LogP contribution in [0, 0.1) is 0 Å². The van der Waals surface area contributed by atoms with Crippen molar-refractivity contribution in [2.24, 2.45) is 0 Å². The number of aliphatic carboxylic acids is 2. The number of carboxylic acid groups (broad SMARTS) is 4. The average molecular weight is 735 g/mol. The first-order chi connectivity index (χ1) is 25.6. The second-order valence-electron chi connectivity index (χ2n) is 13.7. The smallest absolute Gasteiger partial charge is 0.337 e. The number of aromatic hydroxyl groups is 2. The van der Waals surface area contributed by atoms with E-state index < -0.39 is 23.9 Å². The zero-order valence-electron chi connectivity index (χ0n) is 30.3. The molecule has 4 aromatic carbocycles. The Hall–Kier alpha value is -6.56. The van der Waals surface area contributed by atoms with E-state index >= 15 is 0 Å². The molecule has 6 aromatic rings. The third-order valence-electron chi connectivity index (χ3n) is 9.31. The molecule has 6 N–H and O–H groups in total. The Bertz CT molecular complexity index is 2400. The lowest BCUT2D eigenvalue weighted by Crippen LogP contribution is -2.11. The van der Waals surface area contributed by atoms with Crippen molar-refractivity contribution in [1.82, 2.24) is 9.13 Å². The van der Waals surface area contributed by atoms with Gasteiger partial charge in [0.15, 0.2) is 0 Å². The number of fused-ring (bicyclic) bond motifs is 2. The number of phenolic OH excluding ortho intramolecular Hbond substituents is 2. The number of benzene rings is 4. The maximum atomic E-state index is 11.8. The molecule has 0 fully saturated rings. The van der Waals surface area contributed by atoms with Gasteiger partial charge in [0.1, 0.15) is 11.5 Å². The number of nitrogens with zero attached hydrogens (tertiary/aromatic N) is 2. The summed E-state index contributed by atoms with van der Waals surface area (Å²) >= 11 is 0. The highest BCUT2D eigenvalue weighted by Crippen LogP contribution is 2.36. The van der Waals surface area contributed by atoms with Crippen LogP contribution in [0.1, 0.15) is 93.9 Å². The number of phenols is 2. The summed E-state index contributed by atoms with van der Waals surface area (Å²) in [7, 11) is 0. The van der Waals surface area contributed by atoms with E-state index in [2.05, 4.69) is 0 Å². The molecule has 0 atom stereocenters. The van der Waals surface area contributed by atoms with Gasteiger partial charge in [-0.2, -0.15) is 0 Å². The second kappa shape index (κ2) is 16.0. The molecule has 0 bridgehead atoms. The predicted octanol–water partition coefficient (Wildman–Crippen LogP) is 7.69. The first-order valence-electron chi connectivity index (χ1n) is 17.3. The highest BCUT2D eigenvalue weighted by Gasteiger charge is 2.26. The molecule has 0 radical (unpaired) electrons. The summed E-state index contributed by atoms with van der Waals surface area (Å²) in [6.45, 7) is 8.40. The maximum absolute atomic E-state index is 11.8. The zero-order chi connectivity index (χ0) is 39.4. The molecule has 0 aliphatic heterocycles. The molecule has 0 aliphatic rings. The van der Waals surface area contributed by atoms with Gasteiger partial charge >= 0.3 is 23.9 Å². The molecule has 2 heterocycles. The van der Waals surface area contributed by atoms with Gasteiger partial charge < -0.3 is 39.8 Å². The van der Waals surface area contributed by atoms with E-state index in [0.29, 0.717) is 45.2 Å². The van der Waals surface area contributed by atoms with Gasteiger partial charge in [0.05, 0.1) is 42.6 Å². The van der Waals surface area contributed by atoms with E-state index in [4.69, 9.17) is 0 Å². The molecule has 12 heteroatoms. The lowest BCUT2D eigenvalue weighted by atomic mass is 10.00. The molecular weight excluding hydrogens is 692 g/mol. The third kappa shape index (κ3) is 7.92. The molecule has 0 amide bonds. The lowest BCUT2D eigenvalue weighted by molar-refractivity contribution is -0.137. The predicted molar refractivity (Wildman–Crippen MR) is 203 cm³/mol. The molecule has 0 unspecified atom stereocenters. The number of aromatic carboxylic acids is 2. The van der Waals surface area contributed by atoms with E-state index in [9.17, 15) is 49.8 Å². The lowest BCUT2D eigenvalue weighted by Gasteiger charge is -2.16. The van der Waals surface area contributed by atoms with Gasteiger partial charge in [-0.25, -0.2) is 9.59 Å². The third-order valence-corrected chi connectivity index (χ3v) is 9.31. The number of carbonyl (C=O) groups is 4. The summed E-state index contributed by atoms with van der Waals surface area (Å²) in [6, 6.07) is 23.4. The Balaban J connectivity index is 0.000000208. The number of hydrogen-bond acceptors (Lipinski definition) is 6. The number of para-hydroxylation sites is 3. The molecule has 54 heavy (non-hydrogen) atoms. The summed E-state index contributed by atoms with van der Waals surface area (Å²) < 4.78 is 3.75. The molecule has 0 saturated heterocycles. The monoisotopic (exact) mass is 734 g/mol. The molecule has 0 aliphatic carbocycles. The highest BCUT2D eigenvalue weighted by molar-refractivity contribution is 6.04. The van der Waals surface area contributed by atoms with E-state index in [0.717, 1.165) is 16.8 Å². The number of aromatic nitrogens is 2. The number of hydrogen-bond donors (Lipinski definition) is 6. The Labute approximate surface area is 310 Å². The van der Waals surface area contributed by atoms with Crippen molar-refractivity contribution in [1.29, 1.82) is 0 Å². The average Bonchev–Trinajstić information content (AvgIpc) is 3.57. The normalized spacial score (nSPS) is 11.2. The van der Waals surface area contributed by atoms with Crippen LogP contribution in [0.15, 0.2) is 84.9 Å². The molecule has 12 nitrogen and oxygen atoms in total. The van der Waals surface area contributed by atoms with Crippen LogP contribution in [0.4, 0.5) is 0 Å². The van der Waals surface area contributed by atoms with Gasteiger partial charge in [0.2, 0.25) is 0 Å². The highest BCUT2D eigenvalue weighted by atomic mass is 16.4. The first-order valence-corrected chi connectivity index (χ1v) is 17.3. The summed E-state index contributed by atoms with van der Waals surface area (Å²) in [5, 5.41) is 59.5. The molecular formula is C42H42N2O10. The van der Waals surface area contributed by atoms with Crippen molar-refractivity contribution in [3.8, 4) is 11.5 Å². The minimum Gasteiger partial charge on any atom is -0.508 e. The quantitative estimate of drug-likeness (QED) is 0.0724. The summed E-state index contributed by atoms with van der Waals surface area (Å²) in [4.78, 5) is 46.2. The number of rotatable bonds is 12. The van der Waals surface area contributed by atoms with E-state index in [-0.39, 0.29) is 53.8 Å². The topological polar surface area (TPSA) is 200 Å². The van der Waals surface area contributed by atoms with Gasteiger partial charge in [0, 0.05) is 38.8 Å². The fraction of sp³-hybridized carbons (Fsp3) is 0.238. The first kappa shape index (κ1) is 38.7. The van der Waals surface area contributed by atoms with Crippen LogP contribution in [0.2, 0.25) is 0 Å². The summed E-state index contributed by atoms with van der Waals surface area (Å²) in [5.41, 5.74) is 5.59. The van der Waals surface area contributed by atoms with Crippen LogP contribution in [-0.2, 0) is 35.5 Å². The Morgan fingerprint density at radius 1 is 0.574 bits per heavy atom.